The van der Waals surface area contributed by atoms with Gasteiger partial charge in [-0.3, -0.25) is 4.90 Å². The number of nitrogens with one attached hydrogen (secondary N) is 1. The molecule has 1 N–H and O–H groups in total. The zero-order valence-corrected chi connectivity index (χ0v) is 13.9. The van der Waals surface area contributed by atoms with E-state index in [0.717, 1.165) is 47.7 Å². The molecule has 3 aromatic rings. The number of fused-ring (bicyclic) bond motifs is 1. The maximum absolute atomic E-state index is 13.4. The number of likely N-dealkylation sites (tertiary alicyclic amines) is 1. The zero-order chi connectivity index (χ0) is 17.4. The van der Waals surface area contributed by atoms with Gasteiger partial charge in [-0.1, -0.05) is 6.07 Å². The first kappa shape index (κ1) is 16.0. The van der Waals surface area contributed by atoms with E-state index in [-0.39, 0.29) is 0 Å². The number of hydrogen-bond donors (Lipinski definition) is 1. The van der Waals surface area contributed by atoms with Gasteiger partial charge in [-0.2, -0.15) is 0 Å². The van der Waals surface area contributed by atoms with Crippen molar-refractivity contribution in [2.45, 2.75) is 18.9 Å². The fourth-order valence-electron chi connectivity index (χ4n) is 3.42. The fraction of sp³-hybridized carbons (Fsp3) is 0.316. The Bertz CT molecular complexity index is 909. The molecular formula is C19H19F2N3O. The van der Waals surface area contributed by atoms with Gasteiger partial charge in [-0.15, -0.1) is 0 Å². The van der Waals surface area contributed by atoms with E-state index in [4.69, 9.17) is 4.74 Å². The van der Waals surface area contributed by atoms with Crippen molar-refractivity contribution in [3.05, 3.63) is 59.4 Å². The van der Waals surface area contributed by atoms with Gasteiger partial charge >= 0.3 is 0 Å². The van der Waals surface area contributed by atoms with Crippen LogP contribution in [0.15, 0.2) is 36.4 Å². The first-order valence-corrected chi connectivity index (χ1v) is 8.32. The number of halogens is 2. The summed E-state index contributed by atoms with van der Waals surface area (Å²) in [5, 5.41) is 0. The average Bonchev–Trinajstić information content (AvgIpc) is 3.23. The Morgan fingerprint density at radius 3 is 2.88 bits per heavy atom. The molecule has 25 heavy (non-hydrogen) atoms. The molecule has 1 saturated heterocycles. The Morgan fingerprint density at radius 2 is 2.08 bits per heavy atom. The van der Waals surface area contributed by atoms with Crippen LogP contribution < -0.4 is 4.74 Å². The van der Waals surface area contributed by atoms with Gasteiger partial charge in [0.25, 0.3) is 0 Å². The van der Waals surface area contributed by atoms with Gasteiger partial charge in [0.1, 0.15) is 11.6 Å². The van der Waals surface area contributed by atoms with Gasteiger partial charge in [0.05, 0.1) is 18.1 Å². The molecule has 2 heterocycles. The van der Waals surface area contributed by atoms with Crippen molar-refractivity contribution in [3.63, 3.8) is 0 Å². The minimum atomic E-state index is -0.805. The van der Waals surface area contributed by atoms with Crippen LogP contribution in [0.4, 0.5) is 8.78 Å². The Morgan fingerprint density at radius 1 is 1.20 bits per heavy atom. The largest absolute Gasteiger partial charge is 0.497 e. The Hall–Kier alpha value is -2.47. The van der Waals surface area contributed by atoms with Crippen molar-refractivity contribution < 1.29 is 13.5 Å². The quantitative estimate of drug-likeness (QED) is 0.782. The number of aromatic amines is 1. The summed E-state index contributed by atoms with van der Waals surface area (Å²) in [5.41, 5.74) is 2.68. The maximum atomic E-state index is 13.4. The second-order valence-corrected chi connectivity index (χ2v) is 6.47. The lowest BCUT2D eigenvalue weighted by molar-refractivity contribution is 0.325. The molecule has 1 fully saturated rings. The van der Waals surface area contributed by atoms with E-state index in [1.165, 1.54) is 12.1 Å². The van der Waals surface area contributed by atoms with Gasteiger partial charge in [0.2, 0.25) is 0 Å². The van der Waals surface area contributed by atoms with Gasteiger partial charge in [-0.25, -0.2) is 13.8 Å². The number of benzene rings is 2. The van der Waals surface area contributed by atoms with Crippen molar-refractivity contribution in [3.8, 4) is 5.75 Å². The lowest BCUT2D eigenvalue weighted by Crippen LogP contribution is -2.20. The van der Waals surface area contributed by atoms with Crippen LogP contribution in [0.5, 0.6) is 5.75 Å². The molecule has 0 radical (unpaired) electrons. The van der Waals surface area contributed by atoms with Crippen LogP contribution in [0, 0.1) is 11.6 Å². The lowest BCUT2D eigenvalue weighted by atomic mass is 10.1. The number of H-pyrrole nitrogens is 1. The second kappa shape index (κ2) is 6.44. The molecule has 1 aliphatic heterocycles. The van der Waals surface area contributed by atoms with Gasteiger partial charge < -0.3 is 9.72 Å². The van der Waals surface area contributed by atoms with Crippen LogP contribution in [-0.2, 0) is 6.54 Å². The standard InChI is InChI=1S/C19H19F2N3O/c1-25-14-3-5-17-18(9-14)23-19(22-17)13-6-7-24(11-13)10-12-2-4-15(20)16(21)8-12/h2-5,8-9,13H,6-7,10-11H2,1H3,(H,22,23)/t13-/m0/s1. The van der Waals surface area contributed by atoms with E-state index in [1.54, 1.807) is 13.2 Å². The van der Waals surface area contributed by atoms with Crippen molar-refractivity contribution in [1.29, 1.82) is 0 Å². The zero-order valence-electron chi connectivity index (χ0n) is 13.9. The van der Waals surface area contributed by atoms with E-state index in [9.17, 15) is 8.78 Å². The summed E-state index contributed by atoms with van der Waals surface area (Å²) in [4.78, 5) is 10.3. The summed E-state index contributed by atoms with van der Waals surface area (Å²) in [7, 11) is 1.64. The highest BCUT2D eigenvalue weighted by Crippen LogP contribution is 2.29. The summed E-state index contributed by atoms with van der Waals surface area (Å²) in [6, 6.07) is 9.89. The second-order valence-electron chi connectivity index (χ2n) is 6.47. The molecule has 130 valence electrons. The third kappa shape index (κ3) is 3.22. The topological polar surface area (TPSA) is 41.1 Å². The predicted octanol–water partition coefficient (Wildman–Crippen LogP) is 3.84. The molecule has 0 amide bonds. The Labute approximate surface area is 144 Å². The van der Waals surface area contributed by atoms with Crippen LogP contribution in [-0.4, -0.2) is 35.1 Å². The van der Waals surface area contributed by atoms with Gasteiger partial charge in [0.15, 0.2) is 11.6 Å². The normalized spacial score (nSPS) is 18.1. The number of nitrogens with zero attached hydrogens (tertiary/aromatic N) is 2. The van der Waals surface area contributed by atoms with E-state index < -0.39 is 11.6 Å². The molecule has 0 aliphatic carbocycles. The number of methoxy groups -OCH3 is 1. The van der Waals surface area contributed by atoms with Crippen LogP contribution in [0.3, 0.4) is 0 Å². The van der Waals surface area contributed by atoms with E-state index >= 15 is 0 Å². The van der Waals surface area contributed by atoms with Gasteiger partial charge in [0, 0.05) is 25.1 Å². The molecule has 1 aliphatic rings. The number of ether oxygens (including phenoxy) is 1. The molecule has 1 atom stereocenters. The molecular weight excluding hydrogens is 324 g/mol. The van der Waals surface area contributed by atoms with Crippen LogP contribution in [0.25, 0.3) is 11.0 Å². The number of rotatable bonds is 4. The summed E-state index contributed by atoms with van der Waals surface area (Å²) < 4.78 is 31.6. The Kier molecular flexibility index (Phi) is 4.13. The van der Waals surface area contributed by atoms with Crippen LogP contribution >= 0.6 is 0 Å². The lowest BCUT2D eigenvalue weighted by Gasteiger charge is -2.15. The van der Waals surface area contributed by atoms with Crippen molar-refractivity contribution in [2.75, 3.05) is 20.2 Å². The van der Waals surface area contributed by atoms with E-state index in [2.05, 4.69) is 14.9 Å². The number of hydrogen-bond acceptors (Lipinski definition) is 3. The molecule has 0 bridgehead atoms. The monoisotopic (exact) mass is 343 g/mol. The SMILES string of the molecule is COc1ccc2nc([C@H]3CCN(Cc4ccc(F)c(F)c4)C3)[nH]c2c1. The highest BCUT2D eigenvalue weighted by atomic mass is 19.2. The van der Waals surface area contributed by atoms with Crippen molar-refractivity contribution >= 4 is 11.0 Å². The summed E-state index contributed by atoms with van der Waals surface area (Å²) in [5.74, 6) is 0.481. The van der Waals surface area contributed by atoms with Crippen LogP contribution in [0.1, 0.15) is 23.7 Å². The fourth-order valence-corrected chi connectivity index (χ4v) is 3.42. The Balaban J connectivity index is 1.47. The smallest absolute Gasteiger partial charge is 0.159 e. The van der Waals surface area contributed by atoms with Crippen LogP contribution in [0.2, 0.25) is 0 Å². The summed E-state index contributed by atoms with van der Waals surface area (Å²) in [6.07, 6.45) is 0.987. The third-order valence-corrected chi connectivity index (χ3v) is 4.76. The summed E-state index contributed by atoms with van der Waals surface area (Å²) >= 11 is 0. The van der Waals surface area contributed by atoms with Crippen molar-refractivity contribution in [1.82, 2.24) is 14.9 Å². The van der Waals surface area contributed by atoms with Gasteiger partial charge in [-0.05, 0) is 42.8 Å². The molecule has 1 aromatic heterocycles. The van der Waals surface area contributed by atoms with Crippen molar-refractivity contribution in [2.24, 2.45) is 0 Å². The minimum Gasteiger partial charge on any atom is -0.497 e. The molecule has 4 nitrogen and oxygen atoms in total. The van der Waals surface area contributed by atoms with E-state index in [0.29, 0.717) is 12.5 Å². The first-order chi connectivity index (χ1) is 12.1. The molecule has 4 rings (SSSR count). The number of imidazole rings is 1. The highest BCUT2D eigenvalue weighted by molar-refractivity contribution is 5.76. The third-order valence-electron chi connectivity index (χ3n) is 4.76. The molecule has 2 aromatic carbocycles. The summed E-state index contributed by atoms with van der Waals surface area (Å²) in [6.45, 7) is 2.36. The highest BCUT2D eigenvalue weighted by Gasteiger charge is 2.26. The average molecular weight is 343 g/mol. The molecule has 6 heteroatoms. The predicted molar refractivity (Wildman–Crippen MR) is 91.6 cm³/mol. The first-order valence-electron chi connectivity index (χ1n) is 8.32. The molecule has 0 unspecified atom stereocenters. The molecule has 0 saturated carbocycles. The minimum absolute atomic E-state index is 0.309. The number of aromatic nitrogens is 2. The van der Waals surface area contributed by atoms with E-state index in [1.807, 2.05) is 18.2 Å². The maximum Gasteiger partial charge on any atom is 0.159 e. The molecule has 0 spiro atoms.